The Bertz CT molecular complexity index is 677. The van der Waals surface area contributed by atoms with Crippen molar-refractivity contribution in [1.82, 2.24) is 4.98 Å². The van der Waals surface area contributed by atoms with Gasteiger partial charge in [0.05, 0.1) is 26.3 Å². The van der Waals surface area contributed by atoms with E-state index in [1.165, 1.54) is 29.5 Å². The zero-order valence-electron chi connectivity index (χ0n) is 9.68. The number of carbonyl (C=O) groups is 2. The minimum atomic E-state index is -1.09. The van der Waals surface area contributed by atoms with E-state index in [4.69, 9.17) is 16.7 Å². The second-order valence-electron chi connectivity index (χ2n) is 3.55. The number of hydrogen-bond acceptors (Lipinski definition) is 4. The van der Waals surface area contributed by atoms with Gasteiger partial charge in [0.15, 0.2) is 5.13 Å². The summed E-state index contributed by atoms with van der Waals surface area (Å²) >= 11 is 10.4. The molecule has 1 heterocycles. The van der Waals surface area contributed by atoms with Gasteiger partial charge in [0.2, 0.25) is 0 Å². The fourth-order valence-electron chi connectivity index (χ4n) is 1.31. The number of nitrogens with one attached hydrogen (secondary N) is 2. The summed E-state index contributed by atoms with van der Waals surface area (Å²) in [5, 5.41) is 14.4. The summed E-state index contributed by atoms with van der Waals surface area (Å²) in [5.74, 6) is -1.09. The molecule has 0 unspecified atom stereocenters. The molecule has 0 radical (unpaired) electrons. The number of benzene rings is 1. The second-order valence-corrected chi connectivity index (χ2v) is 6.37. The first-order valence-corrected chi connectivity index (χ1v) is 7.16. The lowest BCUT2D eigenvalue weighted by Crippen LogP contribution is -2.19. The van der Waals surface area contributed by atoms with Gasteiger partial charge in [-0.2, -0.15) is 0 Å². The van der Waals surface area contributed by atoms with Crippen LogP contribution in [0.15, 0.2) is 28.2 Å². The Morgan fingerprint density at radius 1 is 1.35 bits per heavy atom. The monoisotopic (exact) mass is 375 g/mol. The zero-order valence-corrected chi connectivity index (χ0v) is 12.8. The molecule has 6 nitrogen and oxygen atoms in total. The van der Waals surface area contributed by atoms with Crippen LogP contribution in [-0.2, 0) is 0 Å². The van der Waals surface area contributed by atoms with Crippen molar-refractivity contribution < 1.29 is 14.7 Å². The molecular weight excluding hydrogens is 370 g/mol. The summed E-state index contributed by atoms with van der Waals surface area (Å²) in [6, 6.07) is 3.52. The van der Waals surface area contributed by atoms with Gasteiger partial charge in [-0.25, -0.2) is 14.6 Å². The number of carboxylic acids is 1. The number of thiazole rings is 1. The molecule has 1 aromatic carbocycles. The number of carbonyl (C=O) groups excluding carboxylic acids is 1. The van der Waals surface area contributed by atoms with Crippen molar-refractivity contribution in [2.45, 2.75) is 0 Å². The Morgan fingerprint density at radius 3 is 2.65 bits per heavy atom. The predicted octanol–water partition coefficient (Wildman–Crippen LogP) is 3.90. The molecule has 0 bridgehead atoms. The zero-order chi connectivity index (χ0) is 14.7. The van der Waals surface area contributed by atoms with Crippen molar-refractivity contribution in [1.29, 1.82) is 0 Å². The number of aromatic carboxylic acids is 1. The van der Waals surface area contributed by atoms with Crippen molar-refractivity contribution in [3.8, 4) is 0 Å². The van der Waals surface area contributed by atoms with Gasteiger partial charge < -0.3 is 10.4 Å². The van der Waals surface area contributed by atoms with Crippen LogP contribution in [-0.4, -0.2) is 22.1 Å². The average Bonchev–Trinajstić information content (AvgIpc) is 2.77. The Morgan fingerprint density at radius 2 is 2.10 bits per heavy atom. The highest BCUT2D eigenvalue weighted by molar-refractivity contribution is 9.11. The van der Waals surface area contributed by atoms with E-state index in [0.29, 0.717) is 10.8 Å². The van der Waals surface area contributed by atoms with E-state index in [0.717, 1.165) is 3.79 Å². The number of urea groups is 1. The van der Waals surface area contributed by atoms with Crippen molar-refractivity contribution in [3.05, 3.63) is 38.8 Å². The number of nitrogens with zero attached hydrogens (tertiary/aromatic N) is 1. The van der Waals surface area contributed by atoms with Crippen LogP contribution < -0.4 is 10.6 Å². The number of halogens is 2. The lowest BCUT2D eigenvalue weighted by molar-refractivity contribution is 0.0697. The molecule has 2 aromatic rings. The topological polar surface area (TPSA) is 91.3 Å². The van der Waals surface area contributed by atoms with E-state index in [-0.39, 0.29) is 10.6 Å². The maximum Gasteiger partial charge on any atom is 0.335 e. The van der Waals surface area contributed by atoms with Crippen LogP contribution in [0.5, 0.6) is 0 Å². The number of aromatic nitrogens is 1. The van der Waals surface area contributed by atoms with Crippen LogP contribution >= 0.6 is 38.9 Å². The molecule has 0 saturated carbocycles. The number of amides is 2. The largest absolute Gasteiger partial charge is 0.478 e. The predicted molar refractivity (Wildman–Crippen MR) is 80.9 cm³/mol. The van der Waals surface area contributed by atoms with Gasteiger partial charge in [-0.1, -0.05) is 22.9 Å². The summed E-state index contributed by atoms with van der Waals surface area (Å²) < 4.78 is 0.789. The molecule has 0 aliphatic rings. The van der Waals surface area contributed by atoms with Crippen molar-refractivity contribution >= 4 is 61.7 Å². The highest BCUT2D eigenvalue weighted by Crippen LogP contribution is 2.25. The van der Waals surface area contributed by atoms with Gasteiger partial charge in [0.25, 0.3) is 0 Å². The molecule has 20 heavy (non-hydrogen) atoms. The van der Waals surface area contributed by atoms with Gasteiger partial charge in [-0.3, -0.25) is 5.32 Å². The van der Waals surface area contributed by atoms with Gasteiger partial charge in [0, 0.05) is 0 Å². The Hall–Kier alpha value is -1.64. The fourth-order valence-corrected chi connectivity index (χ4v) is 2.64. The van der Waals surface area contributed by atoms with Gasteiger partial charge in [0.1, 0.15) is 0 Å². The summed E-state index contributed by atoms with van der Waals surface area (Å²) in [4.78, 5) is 26.4. The van der Waals surface area contributed by atoms with Crippen LogP contribution in [0.1, 0.15) is 10.4 Å². The molecule has 104 valence electrons. The van der Waals surface area contributed by atoms with E-state index >= 15 is 0 Å². The molecule has 3 N–H and O–H groups in total. The molecule has 2 rings (SSSR count). The third-order valence-electron chi connectivity index (χ3n) is 2.16. The van der Waals surface area contributed by atoms with Gasteiger partial charge in [-0.15, -0.1) is 0 Å². The molecule has 0 aliphatic heterocycles. The summed E-state index contributed by atoms with van der Waals surface area (Å²) in [6.45, 7) is 0. The van der Waals surface area contributed by atoms with E-state index < -0.39 is 12.0 Å². The molecule has 0 fully saturated rings. The molecular formula is C11H7BrClN3O3S. The molecule has 1 aromatic heterocycles. The molecule has 2 amide bonds. The van der Waals surface area contributed by atoms with Crippen molar-refractivity contribution in [2.24, 2.45) is 0 Å². The Labute approximate surface area is 130 Å². The third-order valence-corrected chi connectivity index (χ3v) is 3.87. The van der Waals surface area contributed by atoms with Gasteiger partial charge >= 0.3 is 12.0 Å². The van der Waals surface area contributed by atoms with Crippen LogP contribution in [0.3, 0.4) is 0 Å². The Balaban J connectivity index is 2.06. The normalized spacial score (nSPS) is 10.1. The first-order valence-electron chi connectivity index (χ1n) is 5.18. The van der Waals surface area contributed by atoms with E-state index in [1.807, 2.05) is 0 Å². The van der Waals surface area contributed by atoms with Crippen molar-refractivity contribution in [3.63, 3.8) is 0 Å². The molecule has 0 spiro atoms. The summed E-state index contributed by atoms with van der Waals surface area (Å²) in [5.41, 5.74) is 0.356. The molecule has 9 heteroatoms. The summed E-state index contributed by atoms with van der Waals surface area (Å²) in [7, 11) is 0. The average molecular weight is 377 g/mol. The number of rotatable bonds is 3. The van der Waals surface area contributed by atoms with Crippen LogP contribution in [0.2, 0.25) is 5.02 Å². The minimum Gasteiger partial charge on any atom is -0.478 e. The maximum absolute atomic E-state index is 11.7. The number of anilines is 2. The smallest absolute Gasteiger partial charge is 0.335 e. The standard InChI is InChI=1S/C11H7BrClN3O3S/c12-8-4-14-11(20-8)16-10(19)15-7-2-1-5(9(17)18)3-6(7)13/h1-4H,(H,17,18)(H2,14,15,16,19). The van der Waals surface area contributed by atoms with E-state index in [2.05, 4.69) is 31.5 Å². The molecule has 0 aliphatic carbocycles. The van der Waals surface area contributed by atoms with E-state index in [9.17, 15) is 9.59 Å². The third kappa shape index (κ3) is 3.69. The minimum absolute atomic E-state index is 0.0461. The van der Waals surface area contributed by atoms with Crippen LogP contribution in [0.4, 0.5) is 15.6 Å². The first kappa shape index (κ1) is 14.8. The van der Waals surface area contributed by atoms with E-state index in [1.54, 1.807) is 6.20 Å². The van der Waals surface area contributed by atoms with Crippen molar-refractivity contribution in [2.75, 3.05) is 10.6 Å². The molecule has 0 atom stereocenters. The van der Waals surface area contributed by atoms with Crippen LogP contribution in [0.25, 0.3) is 0 Å². The van der Waals surface area contributed by atoms with Gasteiger partial charge in [-0.05, 0) is 34.1 Å². The first-order chi connectivity index (χ1) is 9.45. The quantitative estimate of drug-likeness (QED) is 0.757. The highest BCUT2D eigenvalue weighted by Gasteiger charge is 2.10. The number of carboxylic acid groups (broad SMARTS) is 1. The lowest BCUT2D eigenvalue weighted by atomic mass is 10.2. The number of hydrogen-bond donors (Lipinski definition) is 3. The summed E-state index contributed by atoms with van der Waals surface area (Å²) in [6.07, 6.45) is 1.56. The SMILES string of the molecule is O=C(Nc1ncc(Br)s1)Nc1ccc(C(=O)O)cc1Cl. The Kier molecular flexibility index (Phi) is 4.58. The molecule has 0 saturated heterocycles. The second kappa shape index (κ2) is 6.21. The highest BCUT2D eigenvalue weighted by atomic mass is 79.9. The lowest BCUT2D eigenvalue weighted by Gasteiger charge is -2.07. The maximum atomic E-state index is 11.7. The van der Waals surface area contributed by atoms with Crippen LogP contribution in [0, 0.1) is 0 Å². The fraction of sp³-hybridized carbons (Fsp3) is 0.